The van der Waals surface area contributed by atoms with Gasteiger partial charge in [0.25, 0.3) is 0 Å². The quantitative estimate of drug-likeness (QED) is 0.916. The Bertz CT molecular complexity index is 468. The van der Waals surface area contributed by atoms with Gasteiger partial charge in [-0.3, -0.25) is 4.98 Å². The molecule has 0 spiro atoms. The van der Waals surface area contributed by atoms with Gasteiger partial charge in [0.2, 0.25) is 0 Å². The largest absolute Gasteiger partial charge is 0.444 e. The fraction of sp³-hybridized carbons (Fsp3) is 0.667. The van der Waals surface area contributed by atoms with Gasteiger partial charge in [0.1, 0.15) is 5.60 Å². The van der Waals surface area contributed by atoms with Crippen LogP contribution in [0.2, 0.25) is 0 Å². The van der Waals surface area contributed by atoms with Crippen LogP contribution in [-0.2, 0) is 11.2 Å². The molecule has 1 heterocycles. The number of nitrogens with one attached hydrogen (secondary N) is 1. The number of alkyl carbamates (subject to hydrolysis) is 1. The molecule has 1 aliphatic carbocycles. The van der Waals surface area contributed by atoms with Crippen LogP contribution in [0.5, 0.6) is 0 Å². The molecule has 122 valence electrons. The van der Waals surface area contributed by atoms with E-state index in [4.69, 9.17) is 4.74 Å². The molecule has 0 bridgehead atoms. The van der Waals surface area contributed by atoms with Gasteiger partial charge in [-0.1, -0.05) is 18.9 Å². The third-order valence-corrected chi connectivity index (χ3v) is 4.05. The first-order valence-electron chi connectivity index (χ1n) is 8.29. The zero-order chi connectivity index (χ0) is 16.0. The maximum Gasteiger partial charge on any atom is 0.407 e. The Balaban J connectivity index is 1.75. The molecule has 2 atom stereocenters. The molecular formula is C18H28N2O2. The van der Waals surface area contributed by atoms with Crippen LogP contribution in [0, 0.1) is 11.8 Å². The molecule has 1 amide bonds. The van der Waals surface area contributed by atoms with E-state index in [1.807, 2.05) is 39.1 Å². The predicted molar refractivity (Wildman–Crippen MR) is 87.6 cm³/mol. The second kappa shape index (κ2) is 7.61. The van der Waals surface area contributed by atoms with Crippen molar-refractivity contribution in [2.75, 3.05) is 6.54 Å². The van der Waals surface area contributed by atoms with Gasteiger partial charge in [-0.2, -0.15) is 0 Å². The highest BCUT2D eigenvalue weighted by molar-refractivity contribution is 5.67. The number of aromatic nitrogens is 1. The van der Waals surface area contributed by atoms with Crippen molar-refractivity contribution >= 4 is 6.09 Å². The van der Waals surface area contributed by atoms with Gasteiger partial charge >= 0.3 is 6.09 Å². The summed E-state index contributed by atoms with van der Waals surface area (Å²) in [5.74, 6) is 1.23. The second-order valence-corrected chi connectivity index (χ2v) is 7.31. The molecule has 0 radical (unpaired) electrons. The summed E-state index contributed by atoms with van der Waals surface area (Å²) in [5.41, 5.74) is 0.742. The number of carbonyl (C=O) groups is 1. The van der Waals surface area contributed by atoms with E-state index in [1.54, 1.807) is 0 Å². The summed E-state index contributed by atoms with van der Waals surface area (Å²) in [4.78, 5) is 16.2. The lowest BCUT2D eigenvalue weighted by Gasteiger charge is -2.29. The Hall–Kier alpha value is -1.58. The third kappa shape index (κ3) is 6.04. The second-order valence-electron chi connectivity index (χ2n) is 7.31. The molecule has 0 aliphatic heterocycles. The predicted octanol–water partition coefficient (Wildman–Crippen LogP) is 3.96. The highest BCUT2D eigenvalue weighted by Crippen LogP contribution is 2.30. The van der Waals surface area contributed by atoms with E-state index in [0.29, 0.717) is 18.4 Å². The van der Waals surface area contributed by atoms with E-state index < -0.39 is 5.60 Å². The molecule has 0 saturated heterocycles. The van der Waals surface area contributed by atoms with Crippen molar-refractivity contribution < 1.29 is 9.53 Å². The topological polar surface area (TPSA) is 51.2 Å². The Labute approximate surface area is 133 Å². The van der Waals surface area contributed by atoms with Crippen LogP contribution >= 0.6 is 0 Å². The van der Waals surface area contributed by atoms with Crippen molar-refractivity contribution in [2.24, 2.45) is 11.8 Å². The molecule has 1 aliphatic rings. The highest BCUT2D eigenvalue weighted by atomic mass is 16.6. The number of hydrogen-bond acceptors (Lipinski definition) is 3. The van der Waals surface area contributed by atoms with Gasteiger partial charge in [0, 0.05) is 18.4 Å². The zero-order valence-corrected chi connectivity index (χ0v) is 14.0. The SMILES string of the molecule is CC(C)(C)OC(=O)NCC1CCCC(Cc2ccccn2)C1. The van der Waals surface area contributed by atoms with Crippen molar-refractivity contribution in [2.45, 2.75) is 58.5 Å². The standard InChI is InChI=1S/C18H28N2O2/c1-18(2,3)22-17(21)20-13-15-8-6-7-14(11-15)12-16-9-4-5-10-19-16/h4-5,9-10,14-15H,6-8,11-13H2,1-3H3,(H,20,21). The van der Waals surface area contributed by atoms with Crippen molar-refractivity contribution in [1.82, 2.24) is 10.3 Å². The van der Waals surface area contributed by atoms with E-state index in [0.717, 1.165) is 12.8 Å². The maximum absolute atomic E-state index is 11.7. The minimum Gasteiger partial charge on any atom is -0.444 e. The number of ether oxygens (including phenoxy) is 1. The lowest BCUT2D eigenvalue weighted by atomic mass is 9.79. The number of hydrogen-bond donors (Lipinski definition) is 1. The molecule has 1 saturated carbocycles. The molecule has 4 heteroatoms. The van der Waals surface area contributed by atoms with Crippen LogP contribution in [0.1, 0.15) is 52.1 Å². The number of nitrogens with zero attached hydrogens (tertiary/aromatic N) is 1. The first-order chi connectivity index (χ1) is 10.4. The number of rotatable bonds is 4. The number of amides is 1. The van der Waals surface area contributed by atoms with Crippen LogP contribution < -0.4 is 5.32 Å². The smallest absolute Gasteiger partial charge is 0.407 e. The van der Waals surface area contributed by atoms with E-state index in [9.17, 15) is 4.79 Å². The number of carbonyl (C=O) groups excluding carboxylic acids is 1. The molecule has 4 nitrogen and oxygen atoms in total. The van der Waals surface area contributed by atoms with Crippen molar-refractivity contribution in [3.63, 3.8) is 0 Å². The van der Waals surface area contributed by atoms with Crippen molar-refractivity contribution in [3.8, 4) is 0 Å². The number of pyridine rings is 1. The summed E-state index contributed by atoms with van der Waals surface area (Å²) in [5, 5.41) is 2.92. The first kappa shape index (κ1) is 16.8. The molecule has 2 rings (SSSR count). The summed E-state index contributed by atoms with van der Waals surface area (Å²) >= 11 is 0. The molecule has 1 aromatic heterocycles. The van der Waals surface area contributed by atoms with Crippen LogP contribution in [0.25, 0.3) is 0 Å². The molecule has 1 aromatic rings. The van der Waals surface area contributed by atoms with Gasteiger partial charge < -0.3 is 10.1 Å². The Morgan fingerprint density at radius 1 is 1.32 bits per heavy atom. The average molecular weight is 304 g/mol. The van der Waals surface area contributed by atoms with E-state index in [1.165, 1.54) is 25.0 Å². The minimum absolute atomic E-state index is 0.306. The lowest BCUT2D eigenvalue weighted by Crippen LogP contribution is -2.36. The molecular weight excluding hydrogens is 276 g/mol. The third-order valence-electron chi connectivity index (χ3n) is 4.05. The van der Waals surface area contributed by atoms with Gasteiger partial charge in [0.05, 0.1) is 0 Å². The summed E-state index contributed by atoms with van der Waals surface area (Å²) in [6.07, 6.45) is 7.45. The molecule has 1 N–H and O–H groups in total. The average Bonchev–Trinajstić information content (AvgIpc) is 2.45. The van der Waals surface area contributed by atoms with Crippen molar-refractivity contribution in [1.29, 1.82) is 0 Å². The van der Waals surface area contributed by atoms with E-state index >= 15 is 0 Å². The molecule has 2 unspecified atom stereocenters. The van der Waals surface area contributed by atoms with Gasteiger partial charge in [-0.25, -0.2) is 4.79 Å². The minimum atomic E-state index is -0.432. The Kier molecular flexibility index (Phi) is 5.81. The zero-order valence-electron chi connectivity index (χ0n) is 14.0. The molecule has 0 aromatic carbocycles. The summed E-state index contributed by atoms with van der Waals surface area (Å²) in [6.45, 7) is 6.37. The van der Waals surface area contributed by atoms with E-state index in [-0.39, 0.29) is 6.09 Å². The van der Waals surface area contributed by atoms with Crippen LogP contribution in [0.15, 0.2) is 24.4 Å². The van der Waals surface area contributed by atoms with Gasteiger partial charge in [-0.05, 0) is 64.0 Å². The van der Waals surface area contributed by atoms with E-state index in [2.05, 4.69) is 16.4 Å². The summed E-state index contributed by atoms with van der Waals surface area (Å²) in [7, 11) is 0. The van der Waals surface area contributed by atoms with Crippen LogP contribution in [0.3, 0.4) is 0 Å². The fourth-order valence-corrected chi connectivity index (χ4v) is 3.13. The Morgan fingerprint density at radius 2 is 2.09 bits per heavy atom. The lowest BCUT2D eigenvalue weighted by molar-refractivity contribution is 0.0512. The monoisotopic (exact) mass is 304 g/mol. The fourth-order valence-electron chi connectivity index (χ4n) is 3.13. The summed E-state index contributed by atoms with van der Waals surface area (Å²) < 4.78 is 5.29. The normalized spacial score (nSPS) is 22.1. The van der Waals surface area contributed by atoms with Crippen LogP contribution in [0.4, 0.5) is 4.79 Å². The maximum atomic E-state index is 11.7. The highest BCUT2D eigenvalue weighted by Gasteiger charge is 2.24. The van der Waals surface area contributed by atoms with Gasteiger partial charge in [-0.15, -0.1) is 0 Å². The van der Waals surface area contributed by atoms with Gasteiger partial charge in [0.15, 0.2) is 0 Å². The first-order valence-corrected chi connectivity index (χ1v) is 8.29. The van der Waals surface area contributed by atoms with Crippen LogP contribution in [-0.4, -0.2) is 23.2 Å². The molecule has 22 heavy (non-hydrogen) atoms. The summed E-state index contributed by atoms with van der Waals surface area (Å²) in [6, 6.07) is 6.10. The Morgan fingerprint density at radius 3 is 2.77 bits per heavy atom. The molecule has 1 fully saturated rings. The van der Waals surface area contributed by atoms with Crippen molar-refractivity contribution in [3.05, 3.63) is 30.1 Å².